The second-order valence-corrected chi connectivity index (χ2v) is 14.4. The maximum Gasteiger partial charge on any atom is 0.320 e. The zero-order valence-corrected chi connectivity index (χ0v) is 29.5. The zero-order chi connectivity index (χ0) is 35.7. The minimum absolute atomic E-state index is 0.0655. The number of carbonyl (C=O) groups is 1. The Hall–Kier alpha value is -5.17. The molecule has 7 rings (SSSR count). The van der Waals surface area contributed by atoms with Crippen LogP contribution < -0.4 is 25.0 Å². The first kappa shape index (κ1) is 34.3. The van der Waals surface area contributed by atoms with Gasteiger partial charge in [-0.3, -0.25) is 9.72 Å². The average molecular weight is 697 g/mol. The van der Waals surface area contributed by atoms with E-state index in [1.54, 1.807) is 6.07 Å². The Morgan fingerprint density at radius 3 is 2.59 bits per heavy atom. The quantitative estimate of drug-likeness (QED) is 0.152. The Kier molecular flexibility index (Phi) is 9.56. The van der Waals surface area contributed by atoms with Gasteiger partial charge in [0.2, 0.25) is 5.95 Å². The van der Waals surface area contributed by atoms with E-state index in [2.05, 4.69) is 37.8 Å². The van der Waals surface area contributed by atoms with E-state index in [9.17, 15) is 9.90 Å². The number of ether oxygens (including phenoxy) is 2. The van der Waals surface area contributed by atoms with Crippen LogP contribution in [0.2, 0.25) is 0 Å². The lowest BCUT2D eigenvalue weighted by Gasteiger charge is -2.33. The first-order chi connectivity index (χ1) is 24.6. The van der Waals surface area contributed by atoms with Gasteiger partial charge in [0.05, 0.1) is 24.5 Å². The number of aliphatic hydroxyl groups is 1. The summed E-state index contributed by atoms with van der Waals surface area (Å²) in [5.74, 6) is 1.70. The Balaban J connectivity index is 1.10. The molecule has 1 aliphatic heterocycles. The van der Waals surface area contributed by atoms with Gasteiger partial charge in [0.15, 0.2) is 5.65 Å². The van der Waals surface area contributed by atoms with Gasteiger partial charge >= 0.3 is 6.03 Å². The van der Waals surface area contributed by atoms with Gasteiger partial charge in [-0.2, -0.15) is 5.10 Å². The molecule has 1 saturated heterocycles. The topological polar surface area (TPSA) is 131 Å². The van der Waals surface area contributed by atoms with E-state index in [-0.39, 0.29) is 36.5 Å². The fourth-order valence-corrected chi connectivity index (χ4v) is 6.95. The van der Waals surface area contributed by atoms with E-state index in [1.807, 2.05) is 67.8 Å². The molecule has 3 aromatic heterocycles. The minimum Gasteiger partial charge on any atom is -0.491 e. The number of rotatable bonds is 9. The molecule has 5 aromatic rings. The zero-order valence-electron chi connectivity index (χ0n) is 29.5. The summed E-state index contributed by atoms with van der Waals surface area (Å²) in [6, 6.07) is 17.6. The minimum atomic E-state index is -0.536. The number of urea groups is 1. The van der Waals surface area contributed by atoms with Crippen molar-refractivity contribution in [3.05, 3.63) is 89.5 Å². The van der Waals surface area contributed by atoms with E-state index < -0.39 is 11.8 Å². The first-order valence-corrected chi connectivity index (χ1v) is 17.7. The number of nitrogens with zero attached hydrogens (tertiary/aromatic N) is 6. The van der Waals surface area contributed by atoms with Crippen LogP contribution >= 0.6 is 0 Å². The normalized spacial score (nSPS) is 19.1. The maximum absolute atomic E-state index is 15.2. The highest BCUT2D eigenvalue weighted by Crippen LogP contribution is 2.39. The number of amides is 2. The lowest BCUT2D eigenvalue weighted by Crippen LogP contribution is -2.38. The Labute approximate surface area is 296 Å². The van der Waals surface area contributed by atoms with Crippen LogP contribution in [0, 0.1) is 5.82 Å². The molecule has 268 valence electrons. The molecule has 51 heavy (non-hydrogen) atoms. The molecule has 1 unspecified atom stereocenters. The number of anilines is 2. The number of nitrogens with one attached hydrogen (secondary N) is 2. The molecule has 2 aromatic carbocycles. The number of piperidine rings is 1. The van der Waals surface area contributed by atoms with Crippen molar-refractivity contribution < 1.29 is 23.8 Å². The van der Waals surface area contributed by atoms with Gasteiger partial charge in [0.25, 0.3) is 0 Å². The summed E-state index contributed by atoms with van der Waals surface area (Å²) in [7, 11) is 0. The molecule has 2 aliphatic rings. The molecule has 4 heterocycles. The fraction of sp³-hybridized carbons (Fsp3) is 0.421. The highest BCUT2D eigenvalue weighted by Gasteiger charge is 2.31. The molecule has 2 amide bonds. The van der Waals surface area contributed by atoms with Gasteiger partial charge in [-0.1, -0.05) is 45.0 Å². The van der Waals surface area contributed by atoms with Crippen LogP contribution in [-0.2, 0) is 5.41 Å². The van der Waals surface area contributed by atoms with E-state index in [4.69, 9.17) is 9.47 Å². The number of halogens is 1. The molecule has 12 nitrogen and oxygen atoms in total. The van der Waals surface area contributed by atoms with Gasteiger partial charge in [-0.05, 0) is 74.4 Å². The molecule has 3 N–H and O–H groups in total. The number of fused-ring (bicyclic) bond motifs is 2. The highest BCUT2D eigenvalue weighted by atomic mass is 19.1. The predicted molar refractivity (Wildman–Crippen MR) is 192 cm³/mol. The third-order valence-electron chi connectivity index (χ3n) is 9.66. The molecule has 0 saturated carbocycles. The Morgan fingerprint density at radius 1 is 1.00 bits per heavy atom. The lowest BCUT2D eigenvalue weighted by molar-refractivity contribution is 0.171. The van der Waals surface area contributed by atoms with Crippen molar-refractivity contribution in [3.63, 3.8) is 0 Å². The SMILES string of the molecule is CC1CCCCN1c1nnc2ccc(O[C@@H]3CC[C@H](NC(=O)Nc4cc(C(C)(C)C)nn4-c4cc(OCCO)ccc4F)c4ccccc43)cn12. The number of pyridine rings is 1. The third-order valence-corrected chi connectivity index (χ3v) is 9.66. The van der Waals surface area contributed by atoms with E-state index >= 15 is 4.39 Å². The van der Waals surface area contributed by atoms with E-state index in [0.717, 1.165) is 47.9 Å². The van der Waals surface area contributed by atoms with Crippen molar-refractivity contribution in [1.82, 2.24) is 29.7 Å². The molecule has 3 atom stereocenters. The van der Waals surface area contributed by atoms with Gasteiger partial charge in [-0.15, -0.1) is 10.2 Å². The summed E-state index contributed by atoms with van der Waals surface area (Å²) in [6.07, 6.45) is 6.57. The third kappa shape index (κ3) is 7.21. The van der Waals surface area contributed by atoms with Crippen molar-refractivity contribution in [1.29, 1.82) is 0 Å². The molecule has 0 spiro atoms. The van der Waals surface area contributed by atoms with Crippen LogP contribution in [0.15, 0.2) is 66.9 Å². The van der Waals surface area contributed by atoms with Crippen LogP contribution in [-0.4, -0.2) is 61.3 Å². The van der Waals surface area contributed by atoms with Crippen LogP contribution in [0.4, 0.5) is 21.0 Å². The number of hydrogen-bond donors (Lipinski definition) is 3. The Morgan fingerprint density at radius 2 is 1.80 bits per heavy atom. The van der Waals surface area contributed by atoms with Crippen molar-refractivity contribution >= 4 is 23.4 Å². The number of benzene rings is 2. The van der Waals surface area contributed by atoms with Crippen molar-refractivity contribution in [3.8, 4) is 17.2 Å². The van der Waals surface area contributed by atoms with Crippen LogP contribution in [0.3, 0.4) is 0 Å². The van der Waals surface area contributed by atoms with Crippen molar-refractivity contribution in [2.45, 2.75) is 83.4 Å². The van der Waals surface area contributed by atoms with Gasteiger partial charge < -0.3 is 24.8 Å². The van der Waals surface area contributed by atoms with Crippen molar-refractivity contribution in [2.75, 3.05) is 30.0 Å². The molecular formula is C38H45FN8O4. The van der Waals surface area contributed by atoms with Gasteiger partial charge in [0.1, 0.15) is 41.5 Å². The van der Waals surface area contributed by atoms with Crippen LogP contribution in [0.5, 0.6) is 11.5 Å². The monoisotopic (exact) mass is 696 g/mol. The summed E-state index contributed by atoms with van der Waals surface area (Å²) in [6.45, 7) is 9.07. The highest BCUT2D eigenvalue weighted by molar-refractivity contribution is 5.89. The van der Waals surface area contributed by atoms with E-state index in [1.165, 1.54) is 29.3 Å². The molecular weight excluding hydrogens is 651 g/mol. The second-order valence-electron chi connectivity index (χ2n) is 14.4. The largest absolute Gasteiger partial charge is 0.491 e. The first-order valence-electron chi connectivity index (χ1n) is 17.7. The standard InChI is InChI=1S/C38H45FN8O4/c1-24-9-7-8-18-45(24)37-43-42-34-17-13-26(23-46(34)37)51-32-16-15-30(27-10-5-6-11-28(27)32)40-36(49)41-35-22-33(38(2,3)4)44-47(35)31-21-25(50-20-19-48)12-14-29(31)39/h5-6,10-14,17,21-24,30,32,48H,7-9,15-16,18-20H2,1-4H3,(H2,40,41,49)/t24?,30-,32+/m0/s1. The molecule has 1 fully saturated rings. The van der Waals surface area contributed by atoms with Crippen LogP contribution in [0.25, 0.3) is 11.3 Å². The van der Waals surface area contributed by atoms with Crippen LogP contribution in [0.1, 0.15) is 88.8 Å². The molecule has 13 heteroatoms. The molecule has 0 radical (unpaired) electrons. The van der Waals surface area contributed by atoms with Crippen molar-refractivity contribution in [2.24, 2.45) is 0 Å². The van der Waals surface area contributed by atoms with Gasteiger partial charge in [0, 0.05) is 30.1 Å². The number of aromatic nitrogens is 5. The summed E-state index contributed by atoms with van der Waals surface area (Å²) in [5, 5.41) is 28.8. The smallest absolute Gasteiger partial charge is 0.320 e. The second kappa shape index (κ2) is 14.2. The summed E-state index contributed by atoms with van der Waals surface area (Å²) < 4.78 is 30.7. The lowest BCUT2D eigenvalue weighted by atomic mass is 9.85. The maximum atomic E-state index is 15.2. The summed E-state index contributed by atoms with van der Waals surface area (Å²) in [5.41, 5.74) is 3.16. The predicted octanol–water partition coefficient (Wildman–Crippen LogP) is 6.88. The summed E-state index contributed by atoms with van der Waals surface area (Å²) in [4.78, 5) is 15.9. The molecule has 1 aliphatic carbocycles. The van der Waals surface area contributed by atoms with E-state index in [0.29, 0.717) is 36.1 Å². The number of aliphatic hydroxyl groups excluding tert-OH is 1. The average Bonchev–Trinajstić information content (AvgIpc) is 3.73. The summed E-state index contributed by atoms with van der Waals surface area (Å²) >= 11 is 0. The molecule has 0 bridgehead atoms. The number of carbonyl (C=O) groups excluding carboxylic acids is 1. The number of hydrogen-bond acceptors (Lipinski definition) is 8. The Bertz CT molecular complexity index is 2020. The fourth-order valence-electron chi connectivity index (χ4n) is 6.95. The van der Waals surface area contributed by atoms with Gasteiger partial charge in [-0.25, -0.2) is 13.9 Å².